The van der Waals surface area contributed by atoms with Gasteiger partial charge in [0.25, 0.3) is 11.6 Å². The minimum Gasteiger partial charge on any atom is -0.286 e. The topological polar surface area (TPSA) is 97.6 Å². The van der Waals surface area contributed by atoms with Crippen LogP contribution in [0.15, 0.2) is 71.6 Å². The van der Waals surface area contributed by atoms with Gasteiger partial charge in [0.2, 0.25) is 9.84 Å². The van der Waals surface area contributed by atoms with Gasteiger partial charge in [0.1, 0.15) is 10.7 Å². The number of anilines is 1. The van der Waals surface area contributed by atoms with E-state index < -0.39 is 36.8 Å². The highest BCUT2D eigenvalue weighted by Crippen LogP contribution is 2.44. The van der Waals surface area contributed by atoms with Gasteiger partial charge in [-0.15, -0.1) is 0 Å². The van der Waals surface area contributed by atoms with E-state index in [-0.39, 0.29) is 11.3 Å². The molecule has 33 heavy (non-hydrogen) atoms. The zero-order valence-corrected chi connectivity index (χ0v) is 18.5. The number of benzene rings is 3. The molecule has 7 nitrogen and oxygen atoms in total. The summed E-state index contributed by atoms with van der Waals surface area (Å²) in [5.74, 6) is -1.26. The number of hydrogen-bond acceptors (Lipinski definition) is 5. The molecule has 1 saturated heterocycles. The molecule has 0 bridgehead atoms. The molecule has 0 aliphatic carbocycles. The van der Waals surface area contributed by atoms with Crippen LogP contribution in [0.3, 0.4) is 0 Å². The molecule has 168 valence electrons. The van der Waals surface area contributed by atoms with Crippen molar-refractivity contribution in [3.63, 3.8) is 0 Å². The normalized spacial score (nSPS) is 18.6. The molecule has 0 saturated carbocycles. The molecule has 1 fully saturated rings. The number of carbonyl (C=O) groups is 1. The van der Waals surface area contributed by atoms with Crippen molar-refractivity contribution in [2.24, 2.45) is 0 Å². The van der Waals surface area contributed by atoms with Gasteiger partial charge in [-0.3, -0.25) is 19.8 Å². The molecule has 1 heterocycles. The maximum absolute atomic E-state index is 13.6. The van der Waals surface area contributed by atoms with Crippen LogP contribution >= 0.6 is 0 Å². The van der Waals surface area contributed by atoms with Gasteiger partial charge in [-0.1, -0.05) is 30.3 Å². The van der Waals surface area contributed by atoms with Crippen molar-refractivity contribution in [1.82, 2.24) is 0 Å². The average molecular weight is 466 g/mol. The Balaban J connectivity index is 1.94. The van der Waals surface area contributed by atoms with Crippen molar-refractivity contribution in [1.29, 1.82) is 0 Å². The highest BCUT2D eigenvalue weighted by molar-refractivity contribution is 7.97. The van der Waals surface area contributed by atoms with E-state index in [1.807, 2.05) is 13.8 Å². The summed E-state index contributed by atoms with van der Waals surface area (Å²) in [6.45, 7) is 3.73. The molecule has 0 radical (unpaired) electrons. The van der Waals surface area contributed by atoms with Gasteiger partial charge in [-0.05, 0) is 66.4 Å². The Morgan fingerprint density at radius 1 is 1.00 bits per heavy atom. The van der Waals surface area contributed by atoms with Crippen LogP contribution in [0, 0.1) is 29.8 Å². The second kappa shape index (κ2) is 8.25. The summed E-state index contributed by atoms with van der Waals surface area (Å²) in [7, 11) is -4.28. The number of halogens is 1. The number of nitro benzene ring substituents is 1. The number of non-ortho nitro benzene ring substituents is 1. The Kier molecular flexibility index (Phi) is 5.59. The van der Waals surface area contributed by atoms with Crippen LogP contribution in [0.4, 0.5) is 15.8 Å². The maximum Gasteiger partial charge on any atom is 0.271 e. The second-order valence-corrected chi connectivity index (χ2v) is 9.73. The predicted octanol–water partition coefficient (Wildman–Crippen LogP) is 4.85. The Morgan fingerprint density at radius 3 is 2.33 bits per heavy atom. The first kappa shape index (κ1) is 22.3. The van der Waals surface area contributed by atoms with E-state index in [9.17, 15) is 27.7 Å². The highest BCUT2D eigenvalue weighted by atomic mass is 32.2. The van der Waals surface area contributed by atoms with Crippen LogP contribution in [0.5, 0.6) is 0 Å². The SMILES string of the molecule is Cc1ccc(N2C(=O)C(=Cc3ccc(F)cc3)S(=O)(=O)C2c2cccc([N+](=O)[O-])c2)cc1C. The molecule has 3 aromatic carbocycles. The fourth-order valence-corrected chi connectivity index (χ4v) is 5.59. The van der Waals surface area contributed by atoms with E-state index in [4.69, 9.17) is 0 Å². The number of rotatable bonds is 4. The molecule has 1 atom stereocenters. The summed E-state index contributed by atoms with van der Waals surface area (Å²) in [4.78, 5) is 24.8. The molecule has 1 aliphatic heterocycles. The van der Waals surface area contributed by atoms with Gasteiger partial charge in [0.05, 0.1) is 4.92 Å². The summed E-state index contributed by atoms with van der Waals surface area (Å²) >= 11 is 0. The number of nitrogens with zero attached hydrogens (tertiary/aromatic N) is 2. The van der Waals surface area contributed by atoms with Gasteiger partial charge in [-0.2, -0.15) is 0 Å². The number of sulfone groups is 1. The second-order valence-electron chi connectivity index (χ2n) is 7.75. The monoisotopic (exact) mass is 466 g/mol. The number of carbonyl (C=O) groups excluding carboxylic acids is 1. The molecular weight excluding hydrogens is 447 g/mol. The minimum absolute atomic E-state index is 0.0956. The number of hydrogen-bond donors (Lipinski definition) is 0. The summed E-state index contributed by atoms with van der Waals surface area (Å²) in [5.41, 5.74) is 2.31. The Bertz CT molecular complexity index is 1420. The van der Waals surface area contributed by atoms with Crippen molar-refractivity contribution < 1.29 is 22.5 Å². The highest BCUT2D eigenvalue weighted by Gasteiger charge is 2.50. The lowest BCUT2D eigenvalue weighted by atomic mass is 10.1. The third kappa shape index (κ3) is 4.03. The predicted molar refractivity (Wildman–Crippen MR) is 123 cm³/mol. The van der Waals surface area contributed by atoms with E-state index in [1.165, 1.54) is 36.4 Å². The number of nitro groups is 1. The van der Waals surface area contributed by atoms with Crippen LogP contribution in [-0.4, -0.2) is 19.2 Å². The fraction of sp³-hybridized carbons (Fsp3) is 0.125. The standard InChI is InChI=1S/C24H19FN2O5S/c1-15-6-11-20(12-16(15)2)26-23(28)22(13-17-7-9-19(25)10-8-17)33(31,32)24(26)18-4-3-5-21(14-18)27(29)30/h3-14,24H,1-2H3. The fourth-order valence-electron chi connectivity index (χ4n) is 3.71. The zero-order chi connectivity index (χ0) is 23.9. The smallest absolute Gasteiger partial charge is 0.271 e. The van der Waals surface area contributed by atoms with E-state index >= 15 is 0 Å². The van der Waals surface area contributed by atoms with Gasteiger partial charge < -0.3 is 0 Å². The third-order valence-corrected chi connectivity index (χ3v) is 7.54. The zero-order valence-electron chi connectivity index (χ0n) is 17.7. The first-order valence-electron chi connectivity index (χ1n) is 9.96. The summed E-state index contributed by atoms with van der Waals surface area (Å²) in [5, 5.41) is 9.81. The quantitative estimate of drug-likeness (QED) is 0.311. The molecule has 1 amide bonds. The van der Waals surface area contributed by atoms with Crippen LogP contribution in [0.2, 0.25) is 0 Å². The summed E-state index contributed by atoms with van der Waals surface area (Å²) in [6.07, 6.45) is 1.20. The van der Waals surface area contributed by atoms with Crippen molar-refractivity contribution in [2.45, 2.75) is 19.2 Å². The molecule has 0 spiro atoms. The van der Waals surface area contributed by atoms with Crippen LogP contribution in [-0.2, 0) is 14.6 Å². The molecule has 3 aromatic rings. The number of aryl methyl sites for hydroxylation is 2. The molecular formula is C24H19FN2O5S. The molecule has 0 aromatic heterocycles. The molecule has 4 rings (SSSR count). The Morgan fingerprint density at radius 2 is 1.70 bits per heavy atom. The Hall–Kier alpha value is -3.85. The molecule has 1 unspecified atom stereocenters. The number of amides is 1. The van der Waals surface area contributed by atoms with Crippen molar-refractivity contribution in [3.05, 3.63) is 110 Å². The van der Waals surface area contributed by atoms with E-state index in [0.29, 0.717) is 11.3 Å². The molecule has 1 aliphatic rings. The van der Waals surface area contributed by atoms with Gasteiger partial charge >= 0.3 is 0 Å². The first-order valence-corrected chi connectivity index (χ1v) is 11.5. The Labute approximate surface area is 189 Å². The van der Waals surface area contributed by atoms with Crippen LogP contribution in [0.25, 0.3) is 6.08 Å². The maximum atomic E-state index is 13.6. The van der Waals surface area contributed by atoms with Gasteiger partial charge in [0, 0.05) is 17.8 Å². The lowest BCUT2D eigenvalue weighted by Crippen LogP contribution is -2.29. The molecule has 9 heteroatoms. The van der Waals surface area contributed by atoms with Crippen molar-refractivity contribution in [3.8, 4) is 0 Å². The van der Waals surface area contributed by atoms with Gasteiger partial charge in [-0.25, -0.2) is 12.8 Å². The third-order valence-electron chi connectivity index (χ3n) is 5.57. The van der Waals surface area contributed by atoms with E-state index in [1.54, 1.807) is 18.2 Å². The van der Waals surface area contributed by atoms with Crippen molar-refractivity contribution >= 4 is 33.2 Å². The summed E-state index contributed by atoms with van der Waals surface area (Å²) in [6, 6.07) is 15.4. The average Bonchev–Trinajstić information content (AvgIpc) is 2.97. The molecule has 0 N–H and O–H groups in total. The van der Waals surface area contributed by atoms with Gasteiger partial charge in [0.15, 0.2) is 5.37 Å². The van der Waals surface area contributed by atoms with Crippen LogP contribution in [0.1, 0.15) is 27.6 Å². The van der Waals surface area contributed by atoms with Crippen molar-refractivity contribution in [2.75, 3.05) is 4.90 Å². The summed E-state index contributed by atoms with van der Waals surface area (Å²) < 4.78 is 40.5. The lowest BCUT2D eigenvalue weighted by molar-refractivity contribution is -0.384. The minimum atomic E-state index is -4.28. The van der Waals surface area contributed by atoms with E-state index in [2.05, 4.69) is 0 Å². The van der Waals surface area contributed by atoms with E-state index in [0.717, 1.165) is 34.2 Å². The van der Waals surface area contributed by atoms with Crippen LogP contribution < -0.4 is 4.90 Å². The lowest BCUT2D eigenvalue weighted by Gasteiger charge is -2.24. The first-order chi connectivity index (χ1) is 15.6. The largest absolute Gasteiger partial charge is 0.286 e.